The highest BCUT2D eigenvalue weighted by Crippen LogP contribution is 2.41. The van der Waals surface area contributed by atoms with Gasteiger partial charge in [-0.1, -0.05) is 6.07 Å². The van der Waals surface area contributed by atoms with E-state index in [0.29, 0.717) is 26.1 Å². The van der Waals surface area contributed by atoms with Gasteiger partial charge in [-0.2, -0.15) is 0 Å². The molecule has 4 rings (SSSR count). The van der Waals surface area contributed by atoms with Gasteiger partial charge < -0.3 is 15.2 Å². The third-order valence-electron chi connectivity index (χ3n) is 5.58. The van der Waals surface area contributed by atoms with Gasteiger partial charge in [0.05, 0.1) is 0 Å². The molecule has 0 aliphatic carbocycles. The molecule has 4 heterocycles. The fourth-order valence-electron chi connectivity index (χ4n) is 4.37. The molecular weight excluding hydrogens is 346 g/mol. The van der Waals surface area contributed by atoms with Gasteiger partial charge in [0.1, 0.15) is 11.9 Å². The number of carbonyl (C=O) groups is 2. The van der Waals surface area contributed by atoms with E-state index in [1.54, 1.807) is 34.9 Å². The first kappa shape index (κ1) is 17.5. The Morgan fingerprint density at radius 3 is 2.93 bits per heavy atom. The van der Waals surface area contributed by atoms with Gasteiger partial charge in [0.15, 0.2) is 0 Å². The third kappa shape index (κ3) is 3.27. The van der Waals surface area contributed by atoms with Gasteiger partial charge in [0, 0.05) is 69.0 Å². The Balaban J connectivity index is 1.60. The van der Waals surface area contributed by atoms with E-state index in [9.17, 15) is 14.4 Å². The van der Waals surface area contributed by atoms with Crippen molar-refractivity contribution in [1.29, 1.82) is 0 Å². The molecule has 142 valence electrons. The molecule has 27 heavy (non-hydrogen) atoms. The molecule has 2 aliphatic heterocycles. The second-order valence-corrected chi connectivity index (χ2v) is 7.30. The molecule has 0 spiro atoms. The van der Waals surface area contributed by atoms with Crippen LogP contribution in [-0.2, 0) is 16.0 Å². The minimum Gasteiger partial charge on any atom is -0.354 e. The van der Waals surface area contributed by atoms with Crippen molar-refractivity contribution in [1.82, 2.24) is 24.8 Å². The minimum absolute atomic E-state index is 0.00778. The summed E-state index contributed by atoms with van der Waals surface area (Å²) >= 11 is 0. The molecule has 2 N–H and O–H groups in total. The number of fused-ring (bicyclic) bond motifs is 4. The zero-order chi connectivity index (χ0) is 19.0. The predicted octanol–water partition coefficient (Wildman–Crippen LogP) is 0.437. The van der Waals surface area contributed by atoms with E-state index in [4.69, 9.17) is 0 Å². The van der Waals surface area contributed by atoms with E-state index in [1.807, 2.05) is 6.07 Å². The van der Waals surface area contributed by atoms with Crippen LogP contribution in [0.4, 0.5) is 0 Å². The van der Waals surface area contributed by atoms with Crippen molar-refractivity contribution in [2.24, 2.45) is 5.92 Å². The first-order valence-corrected chi connectivity index (χ1v) is 9.27. The smallest absolute Gasteiger partial charge is 0.251 e. The molecule has 1 saturated heterocycles. The van der Waals surface area contributed by atoms with Crippen molar-refractivity contribution in [3.8, 4) is 0 Å². The maximum Gasteiger partial charge on any atom is 0.251 e. The number of pyridine rings is 1. The van der Waals surface area contributed by atoms with E-state index in [-0.39, 0.29) is 29.2 Å². The van der Waals surface area contributed by atoms with Crippen molar-refractivity contribution < 1.29 is 9.59 Å². The molecule has 0 aromatic carbocycles. The van der Waals surface area contributed by atoms with Crippen molar-refractivity contribution in [2.45, 2.75) is 31.7 Å². The summed E-state index contributed by atoms with van der Waals surface area (Å²) in [5, 5.41) is 2.94. The van der Waals surface area contributed by atoms with Crippen LogP contribution in [0.25, 0.3) is 0 Å². The van der Waals surface area contributed by atoms with Crippen molar-refractivity contribution in [3.63, 3.8) is 0 Å². The highest BCUT2D eigenvalue weighted by atomic mass is 16.2. The molecule has 2 aliphatic rings. The molecule has 2 aromatic rings. The molecule has 8 heteroatoms. The highest BCUT2D eigenvalue weighted by Gasteiger charge is 2.44. The molecule has 0 radical (unpaired) electrons. The van der Waals surface area contributed by atoms with Crippen LogP contribution >= 0.6 is 0 Å². The van der Waals surface area contributed by atoms with E-state index in [1.165, 1.54) is 6.07 Å². The molecular formula is C19H23N5O3. The Hall–Kier alpha value is -2.90. The lowest BCUT2D eigenvalue weighted by atomic mass is 9.78. The standard InChI is InChI=1S/C19H23N5O3/c1-12(25)23-10-13-9-14(11-23)18(24-15(13)3-2-4-17(24)26)19(27)22-6-5-16-20-7-8-21-16/h2-4,7-8,13-14,18H,5-6,9-11H2,1H3,(H,20,21)(H,22,27)/t13-,14+,18-/m1/s1. The average molecular weight is 369 g/mol. The predicted molar refractivity (Wildman–Crippen MR) is 98.1 cm³/mol. The van der Waals surface area contributed by atoms with Crippen LogP contribution in [0.1, 0.15) is 36.8 Å². The number of aromatic amines is 1. The van der Waals surface area contributed by atoms with Gasteiger partial charge in [0.25, 0.3) is 5.56 Å². The van der Waals surface area contributed by atoms with Crippen LogP contribution < -0.4 is 10.9 Å². The Morgan fingerprint density at radius 2 is 2.19 bits per heavy atom. The quantitative estimate of drug-likeness (QED) is 0.817. The lowest BCUT2D eigenvalue weighted by Crippen LogP contribution is -2.54. The summed E-state index contributed by atoms with van der Waals surface area (Å²) in [6.45, 7) is 3.09. The Bertz CT molecular complexity index is 904. The SMILES string of the molecule is CC(=O)N1C[C@H]2C[C@@H](C1)[C@H](C(=O)NCCc1ncc[nH]1)n1c2cccc1=O. The summed E-state index contributed by atoms with van der Waals surface area (Å²) in [7, 11) is 0. The van der Waals surface area contributed by atoms with Crippen molar-refractivity contribution in [2.75, 3.05) is 19.6 Å². The van der Waals surface area contributed by atoms with Crippen LogP contribution in [0.15, 0.2) is 35.4 Å². The Labute approximate surface area is 156 Å². The van der Waals surface area contributed by atoms with E-state index in [0.717, 1.165) is 17.9 Å². The number of nitrogens with zero attached hydrogens (tertiary/aromatic N) is 3. The molecule has 0 saturated carbocycles. The normalized spacial score (nSPS) is 23.6. The van der Waals surface area contributed by atoms with Crippen molar-refractivity contribution in [3.05, 3.63) is 52.5 Å². The van der Waals surface area contributed by atoms with Crippen LogP contribution in [0.3, 0.4) is 0 Å². The second-order valence-electron chi connectivity index (χ2n) is 7.30. The van der Waals surface area contributed by atoms with E-state index in [2.05, 4.69) is 15.3 Å². The number of hydrogen-bond acceptors (Lipinski definition) is 4. The van der Waals surface area contributed by atoms with Gasteiger partial charge in [-0.25, -0.2) is 4.98 Å². The van der Waals surface area contributed by atoms with Gasteiger partial charge in [-0.05, 0) is 12.5 Å². The fraction of sp³-hybridized carbons (Fsp3) is 0.474. The zero-order valence-corrected chi connectivity index (χ0v) is 15.2. The third-order valence-corrected chi connectivity index (χ3v) is 5.58. The summed E-state index contributed by atoms with van der Waals surface area (Å²) in [4.78, 5) is 46.5. The van der Waals surface area contributed by atoms with Gasteiger partial charge >= 0.3 is 0 Å². The van der Waals surface area contributed by atoms with Crippen LogP contribution in [0.5, 0.6) is 0 Å². The number of amides is 2. The molecule has 8 nitrogen and oxygen atoms in total. The van der Waals surface area contributed by atoms with Gasteiger partial charge in [0.2, 0.25) is 11.8 Å². The summed E-state index contributed by atoms with van der Waals surface area (Å²) < 4.78 is 1.64. The van der Waals surface area contributed by atoms with Crippen molar-refractivity contribution >= 4 is 11.8 Å². The number of aromatic nitrogens is 3. The summed E-state index contributed by atoms with van der Waals surface area (Å²) in [6, 6.07) is 4.53. The monoisotopic (exact) mass is 369 g/mol. The number of nitrogens with one attached hydrogen (secondary N) is 2. The number of imidazole rings is 1. The van der Waals surface area contributed by atoms with Crippen LogP contribution in [0.2, 0.25) is 0 Å². The largest absolute Gasteiger partial charge is 0.354 e. The summed E-state index contributed by atoms with van der Waals surface area (Å²) in [5.74, 6) is 0.660. The molecule has 2 aromatic heterocycles. The highest BCUT2D eigenvalue weighted by molar-refractivity contribution is 5.81. The average Bonchev–Trinajstić information content (AvgIpc) is 3.16. The number of H-pyrrole nitrogens is 1. The lowest BCUT2D eigenvalue weighted by molar-refractivity contribution is -0.135. The van der Waals surface area contributed by atoms with E-state index >= 15 is 0 Å². The number of piperidine rings is 1. The van der Waals surface area contributed by atoms with Gasteiger partial charge in [-0.15, -0.1) is 0 Å². The van der Waals surface area contributed by atoms with Gasteiger partial charge in [-0.3, -0.25) is 19.0 Å². The molecule has 2 amide bonds. The molecule has 0 unspecified atom stereocenters. The maximum atomic E-state index is 13.0. The second kappa shape index (κ2) is 7.02. The zero-order valence-electron chi connectivity index (χ0n) is 15.2. The summed E-state index contributed by atoms with van der Waals surface area (Å²) in [5.41, 5.74) is 0.681. The Morgan fingerprint density at radius 1 is 1.33 bits per heavy atom. The first-order chi connectivity index (χ1) is 13.0. The number of carbonyl (C=O) groups excluding carboxylic acids is 2. The molecule has 2 bridgehead atoms. The summed E-state index contributed by atoms with van der Waals surface area (Å²) in [6.07, 6.45) is 4.82. The molecule has 1 fully saturated rings. The van der Waals surface area contributed by atoms with E-state index < -0.39 is 6.04 Å². The minimum atomic E-state index is -0.594. The maximum absolute atomic E-state index is 13.0. The topological polar surface area (TPSA) is 100 Å². The number of likely N-dealkylation sites (tertiary alicyclic amines) is 1. The Kier molecular flexibility index (Phi) is 4.55. The first-order valence-electron chi connectivity index (χ1n) is 9.27. The van der Waals surface area contributed by atoms with Crippen LogP contribution in [0, 0.1) is 5.92 Å². The molecule has 3 atom stereocenters. The number of hydrogen-bond donors (Lipinski definition) is 2. The number of rotatable bonds is 4. The van der Waals surface area contributed by atoms with Crippen LogP contribution in [-0.4, -0.2) is 50.9 Å². The fourth-order valence-corrected chi connectivity index (χ4v) is 4.37. The lowest BCUT2D eigenvalue weighted by Gasteiger charge is -2.46.